The van der Waals surface area contributed by atoms with E-state index in [0.29, 0.717) is 30.5 Å². The van der Waals surface area contributed by atoms with Crippen molar-refractivity contribution >= 4 is 11.4 Å². The third kappa shape index (κ3) is 7.43. The lowest BCUT2D eigenvalue weighted by molar-refractivity contribution is -0.137. The van der Waals surface area contributed by atoms with E-state index in [1.165, 1.54) is 12.1 Å². The van der Waals surface area contributed by atoms with E-state index in [4.69, 9.17) is 11.0 Å². The van der Waals surface area contributed by atoms with Crippen LogP contribution < -0.4 is 5.73 Å². The first-order valence-electron chi connectivity index (χ1n) is 9.08. The lowest BCUT2D eigenvalue weighted by Crippen LogP contribution is -2.22. The van der Waals surface area contributed by atoms with Crippen LogP contribution in [0.25, 0.3) is 0 Å². The molecule has 1 fully saturated rings. The molecule has 1 atom stereocenters. The predicted molar refractivity (Wildman–Crippen MR) is 102 cm³/mol. The molecule has 1 saturated carbocycles. The number of aliphatic hydroxyl groups excluding tert-OH is 1. The van der Waals surface area contributed by atoms with Gasteiger partial charge in [0, 0.05) is 17.8 Å². The molecule has 0 bridgehead atoms. The molecule has 1 aliphatic carbocycles. The summed E-state index contributed by atoms with van der Waals surface area (Å²) in [5, 5.41) is 18.3. The highest BCUT2D eigenvalue weighted by Crippen LogP contribution is 2.33. The molecular weight excluding hydrogens is 355 g/mol. The zero-order chi connectivity index (χ0) is 21.0. The van der Waals surface area contributed by atoms with E-state index in [-0.39, 0.29) is 23.9 Å². The lowest BCUT2D eigenvalue weighted by Gasteiger charge is -2.22. The van der Waals surface area contributed by atoms with Crippen LogP contribution in [0.15, 0.2) is 40.5 Å². The number of nitrogens with zero attached hydrogens (tertiary/aromatic N) is 2. The molecule has 7 heteroatoms. The van der Waals surface area contributed by atoms with Gasteiger partial charge < -0.3 is 10.8 Å². The highest BCUT2D eigenvalue weighted by Gasteiger charge is 2.30. The molecule has 1 aromatic carbocycles. The second-order valence-electron chi connectivity index (χ2n) is 5.34. The number of hydrogen-bond donors (Lipinski definition) is 2. The Kier molecular flexibility index (Phi) is 11.1. The fourth-order valence-electron chi connectivity index (χ4n) is 2.49. The van der Waals surface area contributed by atoms with Crippen LogP contribution in [-0.4, -0.2) is 17.4 Å². The number of rotatable bonds is 2. The molecule has 0 aromatic heterocycles. The molecule has 0 heterocycles. The third-order valence-electron chi connectivity index (χ3n) is 3.71. The van der Waals surface area contributed by atoms with Gasteiger partial charge in [0.25, 0.3) is 0 Å². The average Bonchev–Trinajstić information content (AvgIpc) is 2.70. The SMILES string of the molecule is CC.CC.N#CC1CC/C(=C(/N)CO)C(=Nc2cccc(C(F)(F)F)c2)C1. The number of aliphatic imine (C=N–C) groups is 1. The molecule has 0 aliphatic heterocycles. The number of nitriles is 1. The van der Waals surface area contributed by atoms with Gasteiger partial charge in [0.15, 0.2) is 0 Å². The lowest BCUT2D eigenvalue weighted by atomic mass is 9.84. The Morgan fingerprint density at radius 2 is 1.93 bits per heavy atom. The largest absolute Gasteiger partial charge is 0.416 e. The smallest absolute Gasteiger partial charge is 0.400 e. The van der Waals surface area contributed by atoms with Crippen LogP contribution in [0.3, 0.4) is 0 Å². The number of alkyl halides is 3. The highest BCUT2D eigenvalue weighted by atomic mass is 19.4. The van der Waals surface area contributed by atoms with Crippen molar-refractivity contribution in [2.45, 2.75) is 53.1 Å². The zero-order valence-corrected chi connectivity index (χ0v) is 16.3. The van der Waals surface area contributed by atoms with Gasteiger partial charge in [0.05, 0.1) is 29.8 Å². The van der Waals surface area contributed by atoms with Gasteiger partial charge in [0.2, 0.25) is 0 Å². The molecule has 0 amide bonds. The molecule has 1 aliphatic rings. The topological polar surface area (TPSA) is 82.4 Å². The number of hydrogen-bond acceptors (Lipinski definition) is 4. The number of halogens is 3. The summed E-state index contributed by atoms with van der Waals surface area (Å²) in [6, 6.07) is 6.82. The van der Waals surface area contributed by atoms with E-state index in [1.807, 2.05) is 27.7 Å². The number of nitrogens with two attached hydrogens (primary N) is 1. The van der Waals surface area contributed by atoms with Gasteiger partial charge in [-0.05, 0) is 36.6 Å². The molecular formula is C20H28F3N3O. The average molecular weight is 383 g/mol. The summed E-state index contributed by atoms with van der Waals surface area (Å²) in [6.07, 6.45) is -3.07. The van der Waals surface area contributed by atoms with E-state index < -0.39 is 11.7 Å². The highest BCUT2D eigenvalue weighted by molar-refractivity contribution is 6.03. The Balaban J connectivity index is 0.00000158. The van der Waals surface area contributed by atoms with E-state index in [9.17, 15) is 18.3 Å². The fourth-order valence-corrected chi connectivity index (χ4v) is 2.49. The number of benzene rings is 1. The Labute approximate surface area is 159 Å². The minimum Gasteiger partial charge on any atom is -0.400 e. The van der Waals surface area contributed by atoms with E-state index in [1.54, 1.807) is 0 Å². The summed E-state index contributed by atoms with van der Waals surface area (Å²) < 4.78 is 38.3. The first kappa shape index (κ1) is 24.7. The summed E-state index contributed by atoms with van der Waals surface area (Å²) in [4.78, 5) is 4.26. The molecule has 150 valence electrons. The molecule has 4 nitrogen and oxygen atoms in total. The number of allylic oxidation sites excluding steroid dienone is 1. The Hall–Kier alpha value is -2.33. The standard InChI is InChI=1S/C16H16F3N3O.2C2H6/c17-16(18,19)11-2-1-3-12(7-11)22-15-6-10(8-20)4-5-13(15)14(21)9-23;2*1-2/h1-3,7,10,23H,4-6,9,21H2;2*1-2H3/b14-13-,22-15?;;. The van der Waals surface area contributed by atoms with Crippen molar-refractivity contribution in [2.75, 3.05) is 6.61 Å². The van der Waals surface area contributed by atoms with Crippen molar-refractivity contribution in [3.63, 3.8) is 0 Å². The predicted octanol–water partition coefficient (Wildman–Crippen LogP) is 5.36. The van der Waals surface area contributed by atoms with Gasteiger partial charge in [0.1, 0.15) is 0 Å². The molecule has 0 radical (unpaired) electrons. The van der Waals surface area contributed by atoms with Gasteiger partial charge >= 0.3 is 6.18 Å². The molecule has 3 N–H and O–H groups in total. The van der Waals surface area contributed by atoms with Crippen LogP contribution in [0.1, 0.15) is 52.5 Å². The summed E-state index contributed by atoms with van der Waals surface area (Å²) in [5.74, 6) is -0.255. The minimum absolute atomic E-state index is 0.150. The maximum absolute atomic E-state index is 12.8. The van der Waals surface area contributed by atoms with Crippen molar-refractivity contribution in [3.05, 3.63) is 41.1 Å². The van der Waals surface area contributed by atoms with Gasteiger partial charge in [-0.3, -0.25) is 4.99 Å². The minimum atomic E-state index is -4.44. The maximum Gasteiger partial charge on any atom is 0.416 e. The van der Waals surface area contributed by atoms with Gasteiger partial charge in [-0.25, -0.2) is 0 Å². The Bertz CT molecular complexity index is 688. The zero-order valence-electron chi connectivity index (χ0n) is 16.3. The summed E-state index contributed by atoms with van der Waals surface area (Å²) in [7, 11) is 0. The summed E-state index contributed by atoms with van der Waals surface area (Å²) in [5.41, 5.74) is 6.46. The van der Waals surface area contributed by atoms with Crippen LogP contribution in [0.5, 0.6) is 0 Å². The second-order valence-corrected chi connectivity index (χ2v) is 5.34. The molecule has 2 rings (SSSR count). The van der Waals surface area contributed by atoms with Crippen LogP contribution in [0.4, 0.5) is 18.9 Å². The van der Waals surface area contributed by atoms with Crippen LogP contribution in [0.2, 0.25) is 0 Å². The van der Waals surface area contributed by atoms with E-state index in [2.05, 4.69) is 11.1 Å². The normalized spacial score (nSPS) is 19.8. The quantitative estimate of drug-likeness (QED) is 0.721. The molecule has 0 saturated heterocycles. The summed E-state index contributed by atoms with van der Waals surface area (Å²) in [6.45, 7) is 7.65. The molecule has 0 spiro atoms. The first-order chi connectivity index (χ1) is 12.8. The van der Waals surface area contributed by atoms with Crippen LogP contribution >= 0.6 is 0 Å². The van der Waals surface area contributed by atoms with Crippen LogP contribution in [0, 0.1) is 17.2 Å². The van der Waals surface area contributed by atoms with Gasteiger partial charge in [-0.1, -0.05) is 33.8 Å². The third-order valence-corrected chi connectivity index (χ3v) is 3.71. The van der Waals surface area contributed by atoms with Crippen molar-refractivity contribution in [3.8, 4) is 6.07 Å². The molecule has 1 aromatic rings. The molecule has 27 heavy (non-hydrogen) atoms. The Morgan fingerprint density at radius 1 is 1.30 bits per heavy atom. The number of aliphatic hydroxyl groups is 1. The fraction of sp³-hybridized carbons (Fsp3) is 0.500. The van der Waals surface area contributed by atoms with Gasteiger partial charge in [-0.15, -0.1) is 0 Å². The van der Waals surface area contributed by atoms with Crippen molar-refractivity contribution < 1.29 is 18.3 Å². The first-order valence-corrected chi connectivity index (χ1v) is 9.08. The van der Waals surface area contributed by atoms with Crippen molar-refractivity contribution in [1.82, 2.24) is 0 Å². The van der Waals surface area contributed by atoms with E-state index >= 15 is 0 Å². The summed E-state index contributed by atoms with van der Waals surface area (Å²) >= 11 is 0. The molecule has 1 unspecified atom stereocenters. The van der Waals surface area contributed by atoms with E-state index in [0.717, 1.165) is 12.1 Å². The maximum atomic E-state index is 12.8. The van der Waals surface area contributed by atoms with Crippen LogP contribution in [-0.2, 0) is 6.18 Å². The Morgan fingerprint density at radius 3 is 2.44 bits per heavy atom. The van der Waals surface area contributed by atoms with Crippen molar-refractivity contribution in [2.24, 2.45) is 16.6 Å². The van der Waals surface area contributed by atoms with Gasteiger partial charge in [-0.2, -0.15) is 18.4 Å². The second kappa shape index (κ2) is 12.1. The van der Waals surface area contributed by atoms with Crippen molar-refractivity contribution in [1.29, 1.82) is 5.26 Å². The monoisotopic (exact) mass is 383 g/mol.